The smallest absolute Gasteiger partial charge is 0.315 e. The lowest BCUT2D eigenvalue weighted by Gasteiger charge is -2.09. The lowest BCUT2D eigenvalue weighted by atomic mass is 10.3. The fourth-order valence-corrected chi connectivity index (χ4v) is 1.50. The maximum atomic E-state index is 10.7. The zero-order valence-corrected chi connectivity index (χ0v) is 6.14. The average Bonchev–Trinajstić information content (AvgIpc) is 2.36. The van der Waals surface area contributed by atoms with Crippen molar-refractivity contribution in [3.63, 3.8) is 0 Å². The zero-order chi connectivity index (χ0) is 7.84. The Morgan fingerprint density at radius 1 is 1.36 bits per heavy atom. The molecule has 1 aliphatic heterocycles. The maximum absolute atomic E-state index is 10.7. The molecule has 1 aliphatic rings. The van der Waals surface area contributed by atoms with E-state index in [4.69, 9.17) is 0 Å². The number of rotatable bonds is 0. The molecule has 0 aromatic carbocycles. The van der Waals surface area contributed by atoms with Gasteiger partial charge >= 0.3 is 11.8 Å². The molecule has 1 aromatic rings. The molecule has 2 amide bonds. The normalized spacial score (nSPS) is 15.3. The quantitative estimate of drug-likeness (QED) is 0.571. The molecule has 0 saturated heterocycles. The summed E-state index contributed by atoms with van der Waals surface area (Å²) in [7, 11) is 0. The zero-order valence-electron chi connectivity index (χ0n) is 5.33. The van der Waals surface area contributed by atoms with Gasteiger partial charge in [-0.25, -0.2) is 5.32 Å². The monoisotopic (exact) mass is 167 g/mol. The van der Waals surface area contributed by atoms with Gasteiger partial charge in [0.25, 0.3) is 0 Å². The standard InChI is InChI=1S/C6H3N2O2S/c9-5-6(10)8-4-2-11-1-3(4)7-5/h1-2H,(H,7,9). The molecule has 1 N–H and O–H groups in total. The van der Waals surface area contributed by atoms with Crippen molar-refractivity contribution in [3.8, 4) is 0 Å². The number of carbonyl (C=O) groups excluding carboxylic acids is 2. The van der Waals surface area contributed by atoms with Crippen LogP contribution >= 0.6 is 11.3 Å². The first kappa shape index (κ1) is 6.36. The molecule has 11 heavy (non-hydrogen) atoms. The first-order valence-electron chi connectivity index (χ1n) is 2.90. The number of hydrogen-bond donors (Lipinski definition) is 1. The Labute approximate surface area is 66.2 Å². The number of hydrogen-bond acceptors (Lipinski definition) is 3. The SMILES string of the molecule is O=C1[N]c2cscc2NC1=O. The van der Waals surface area contributed by atoms with E-state index in [0.29, 0.717) is 11.4 Å². The summed E-state index contributed by atoms with van der Waals surface area (Å²) < 4.78 is 0. The van der Waals surface area contributed by atoms with Gasteiger partial charge in [-0.15, -0.1) is 11.3 Å². The van der Waals surface area contributed by atoms with Gasteiger partial charge in [0.05, 0.1) is 5.69 Å². The van der Waals surface area contributed by atoms with E-state index in [1.165, 1.54) is 11.3 Å². The van der Waals surface area contributed by atoms with Gasteiger partial charge in [-0.3, -0.25) is 9.59 Å². The van der Waals surface area contributed by atoms with Gasteiger partial charge in [0.15, 0.2) is 0 Å². The van der Waals surface area contributed by atoms with E-state index in [1.807, 2.05) is 0 Å². The van der Waals surface area contributed by atoms with E-state index in [9.17, 15) is 9.59 Å². The largest absolute Gasteiger partial charge is 0.335 e. The van der Waals surface area contributed by atoms with Crippen LogP contribution in [0.2, 0.25) is 0 Å². The summed E-state index contributed by atoms with van der Waals surface area (Å²) in [6, 6.07) is 0. The molecule has 4 nitrogen and oxygen atoms in total. The van der Waals surface area contributed by atoms with Crippen LogP contribution in [-0.4, -0.2) is 11.8 Å². The lowest BCUT2D eigenvalue weighted by molar-refractivity contribution is -0.135. The van der Waals surface area contributed by atoms with Gasteiger partial charge in [0.2, 0.25) is 0 Å². The number of fused-ring (bicyclic) bond motifs is 1. The molecule has 0 saturated carbocycles. The highest BCUT2D eigenvalue weighted by molar-refractivity contribution is 7.09. The summed E-state index contributed by atoms with van der Waals surface area (Å²) >= 11 is 1.40. The third-order valence-corrected chi connectivity index (χ3v) is 2.04. The van der Waals surface area contributed by atoms with Crippen LogP contribution in [0.5, 0.6) is 0 Å². The summed E-state index contributed by atoms with van der Waals surface area (Å²) in [5.74, 6) is -1.38. The van der Waals surface area contributed by atoms with Crippen molar-refractivity contribution < 1.29 is 9.59 Å². The topological polar surface area (TPSA) is 60.3 Å². The van der Waals surface area contributed by atoms with Crippen molar-refractivity contribution in [3.05, 3.63) is 10.8 Å². The number of anilines is 1. The van der Waals surface area contributed by atoms with Gasteiger partial charge in [0.1, 0.15) is 5.69 Å². The molecule has 2 rings (SSSR count). The summed E-state index contributed by atoms with van der Waals surface area (Å²) in [5, 5.41) is 9.42. The molecule has 55 valence electrons. The molecule has 0 bridgehead atoms. The fourth-order valence-electron chi connectivity index (χ4n) is 0.806. The number of carbonyl (C=O) groups is 2. The lowest BCUT2D eigenvalue weighted by Crippen LogP contribution is -2.32. The van der Waals surface area contributed by atoms with Crippen molar-refractivity contribution >= 4 is 34.5 Å². The highest BCUT2D eigenvalue weighted by atomic mass is 32.1. The van der Waals surface area contributed by atoms with Crippen molar-refractivity contribution in [1.82, 2.24) is 5.32 Å². The molecule has 0 fully saturated rings. The molecule has 5 heteroatoms. The third kappa shape index (κ3) is 0.894. The van der Waals surface area contributed by atoms with Crippen molar-refractivity contribution in [1.29, 1.82) is 0 Å². The molecule has 2 heterocycles. The summed E-state index contributed by atoms with van der Waals surface area (Å²) in [6.45, 7) is 0. The van der Waals surface area contributed by atoms with E-state index in [2.05, 4.69) is 10.6 Å². The van der Waals surface area contributed by atoms with Crippen LogP contribution in [0.15, 0.2) is 10.8 Å². The second-order valence-corrected chi connectivity index (χ2v) is 2.79. The number of nitrogens with one attached hydrogen (secondary N) is 1. The molecule has 0 atom stereocenters. The Kier molecular flexibility index (Phi) is 1.19. The minimum Gasteiger partial charge on any atom is -0.315 e. The number of thiophene rings is 1. The highest BCUT2D eigenvalue weighted by Gasteiger charge is 2.24. The molecule has 0 unspecified atom stereocenters. The van der Waals surface area contributed by atoms with Crippen LogP contribution in [0, 0.1) is 0 Å². The maximum Gasteiger partial charge on any atom is 0.335 e. The van der Waals surface area contributed by atoms with Crippen LogP contribution in [-0.2, 0) is 9.59 Å². The van der Waals surface area contributed by atoms with Gasteiger partial charge < -0.3 is 5.32 Å². The fraction of sp³-hybridized carbons (Fsp3) is 0. The number of nitrogens with zero attached hydrogens (tertiary/aromatic N) is 1. The van der Waals surface area contributed by atoms with E-state index in [1.54, 1.807) is 10.8 Å². The van der Waals surface area contributed by atoms with Crippen LogP contribution in [0.4, 0.5) is 11.4 Å². The van der Waals surface area contributed by atoms with Crippen molar-refractivity contribution in [2.45, 2.75) is 0 Å². The second kappa shape index (κ2) is 2.06. The molecule has 0 aliphatic carbocycles. The van der Waals surface area contributed by atoms with Crippen LogP contribution in [0.25, 0.3) is 0 Å². The van der Waals surface area contributed by atoms with Crippen molar-refractivity contribution in [2.75, 3.05) is 5.32 Å². The summed E-state index contributed by atoms with van der Waals surface area (Å²) in [6.07, 6.45) is 0. The minimum atomic E-state index is -0.726. The van der Waals surface area contributed by atoms with Crippen LogP contribution in [0.1, 0.15) is 0 Å². The van der Waals surface area contributed by atoms with Crippen molar-refractivity contribution in [2.24, 2.45) is 0 Å². The van der Waals surface area contributed by atoms with Gasteiger partial charge in [-0.1, -0.05) is 0 Å². The second-order valence-electron chi connectivity index (χ2n) is 2.04. The summed E-state index contributed by atoms with van der Waals surface area (Å²) in [5.41, 5.74) is 1.18. The van der Waals surface area contributed by atoms with Gasteiger partial charge in [0, 0.05) is 10.8 Å². The van der Waals surface area contributed by atoms with Crippen LogP contribution < -0.4 is 10.6 Å². The summed E-state index contributed by atoms with van der Waals surface area (Å²) in [4.78, 5) is 21.4. The first-order valence-corrected chi connectivity index (χ1v) is 3.85. The molecule has 1 aromatic heterocycles. The Hall–Kier alpha value is -1.36. The molecule has 1 radical (unpaired) electrons. The average molecular weight is 167 g/mol. The van der Waals surface area contributed by atoms with Crippen LogP contribution in [0.3, 0.4) is 0 Å². The predicted octanol–water partition coefficient (Wildman–Crippen LogP) is 0.463. The Bertz CT molecular complexity index is 301. The molecular weight excluding hydrogens is 164 g/mol. The van der Waals surface area contributed by atoms with E-state index >= 15 is 0 Å². The third-order valence-electron chi connectivity index (χ3n) is 1.31. The van der Waals surface area contributed by atoms with E-state index in [0.717, 1.165) is 0 Å². The Morgan fingerprint density at radius 2 is 2.18 bits per heavy atom. The Balaban J connectivity index is 2.45. The van der Waals surface area contributed by atoms with E-state index < -0.39 is 11.8 Å². The Morgan fingerprint density at radius 3 is 3.00 bits per heavy atom. The first-order chi connectivity index (χ1) is 5.27. The van der Waals surface area contributed by atoms with E-state index in [-0.39, 0.29) is 0 Å². The van der Waals surface area contributed by atoms with Gasteiger partial charge in [-0.05, 0) is 0 Å². The molecule has 0 spiro atoms. The van der Waals surface area contributed by atoms with Gasteiger partial charge in [-0.2, -0.15) is 0 Å². The number of amides is 2. The predicted molar refractivity (Wildman–Crippen MR) is 39.7 cm³/mol. The minimum absolute atomic E-state index is 0.555. The molecular formula is C6H3N2O2S. The highest BCUT2D eigenvalue weighted by Crippen LogP contribution is 2.28.